The van der Waals surface area contributed by atoms with E-state index in [-0.39, 0.29) is 0 Å². The Bertz CT molecular complexity index is 770. The molecule has 0 heterocycles. The summed E-state index contributed by atoms with van der Waals surface area (Å²) in [6.07, 6.45) is 0. The van der Waals surface area contributed by atoms with E-state index in [2.05, 4.69) is 6.07 Å². The van der Waals surface area contributed by atoms with Gasteiger partial charge >= 0.3 is 0 Å². The molecule has 0 amide bonds. The van der Waals surface area contributed by atoms with Gasteiger partial charge in [-0.2, -0.15) is 0 Å². The third-order valence-electron chi connectivity index (χ3n) is 3.95. The Labute approximate surface area is 151 Å². The Morgan fingerprint density at radius 3 is 1.67 bits per heavy atom. The number of halogens is 2. The SMILES string of the molecule is COc1cc(-c2ccc(Cl)cc2)c(-c2ccc(Cl)cc2)cc1CN. The minimum Gasteiger partial charge on any atom is -0.496 e. The number of rotatable bonds is 4. The fourth-order valence-corrected chi connectivity index (χ4v) is 2.96. The standard InChI is InChI=1S/C20H17Cl2NO/c1-24-20-11-19(14-4-8-17(22)9-5-14)18(10-15(20)12-23)13-2-6-16(21)7-3-13/h2-11H,12,23H2,1H3. The monoisotopic (exact) mass is 357 g/mol. The summed E-state index contributed by atoms with van der Waals surface area (Å²) in [6.45, 7) is 0.407. The highest BCUT2D eigenvalue weighted by Gasteiger charge is 2.13. The number of hydrogen-bond acceptors (Lipinski definition) is 2. The summed E-state index contributed by atoms with van der Waals surface area (Å²) in [5, 5.41) is 1.41. The maximum atomic E-state index is 6.02. The molecule has 0 fully saturated rings. The lowest BCUT2D eigenvalue weighted by Gasteiger charge is -2.16. The Morgan fingerprint density at radius 1 is 0.792 bits per heavy atom. The van der Waals surface area contributed by atoms with Crippen molar-refractivity contribution in [2.24, 2.45) is 5.73 Å². The maximum absolute atomic E-state index is 6.02. The van der Waals surface area contributed by atoms with Crippen LogP contribution in [-0.4, -0.2) is 7.11 Å². The lowest BCUT2D eigenvalue weighted by molar-refractivity contribution is 0.410. The first kappa shape index (κ1) is 16.8. The zero-order valence-electron chi connectivity index (χ0n) is 13.2. The van der Waals surface area contributed by atoms with E-state index in [0.29, 0.717) is 16.6 Å². The van der Waals surface area contributed by atoms with Crippen LogP contribution < -0.4 is 10.5 Å². The van der Waals surface area contributed by atoms with Crippen molar-refractivity contribution >= 4 is 23.2 Å². The number of nitrogens with two attached hydrogens (primary N) is 1. The average molecular weight is 358 g/mol. The predicted molar refractivity (Wildman–Crippen MR) is 102 cm³/mol. The highest BCUT2D eigenvalue weighted by Crippen LogP contribution is 2.38. The van der Waals surface area contributed by atoms with Gasteiger partial charge in [-0.3, -0.25) is 0 Å². The lowest BCUT2D eigenvalue weighted by atomic mass is 9.92. The van der Waals surface area contributed by atoms with Crippen LogP contribution in [0.5, 0.6) is 5.75 Å². The molecule has 0 saturated heterocycles. The van der Waals surface area contributed by atoms with Crippen LogP contribution in [0, 0.1) is 0 Å². The van der Waals surface area contributed by atoms with Crippen molar-refractivity contribution in [3.63, 3.8) is 0 Å². The molecule has 0 unspecified atom stereocenters. The van der Waals surface area contributed by atoms with Crippen LogP contribution in [-0.2, 0) is 6.54 Å². The Kier molecular flexibility index (Phi) is 5.10. The van der Waals surface area contributed by atoms with Crippen LogP contribution in [0.3, 0.4) is 0 Å². The highest BCUT2D eigenvalue weighted by molar-refractivity contribution is 6.31. The van der Waals surface area contributed by atoms with Gasteiger partial charge in [0.2, 0.25) is 0 Å². The van der Waals surface area contributed by atoms with Crippen LogP contribution in [0.4, 0.5) is 0 Å². The smallest absolute Gasteiger partial charge is 0.124 e. The molecule has 0 aromatic heterocycles. The summed E-state index contributed by atoms with van der Waals surface area (Å²) < 4.78 is 5.50. The van der Waals surface area contributed by atoms with Crippen molar-refractivity contribution in [2.45, 2.75) is 6.54 Å². The molecule has 3 aromatic rings. The van der Waals surface area contributed by atoms with E-state index >= 15 is 0 Å². The van der Waals surface area contributed by atoms with E-state index in [1.54, 1.807) is 7.11 Å². The van der Waals surface area contributed by atoms with Crippen LogP contribution in [0.25, 0.3) is 22.3 Å². The molecule has 0 aliphatic heterocycles. The molecule has 4 heteroatoms. The van der Waals surface area contributed by atoms with Crippen LogP contribution in [0.15, 0.2) is 60.7 Å². The summed E-state index contributed by atoms with van der Waals surface area (Å²) in [6, 6.07) is 19.6. The van der Waals surface area contributed by atoms with E-state index in [4.69, 9.17) is 33.7 Å². The van der Waals surface area contributed by atoms with Crippen molar-refractivity contribution < 1.29 is 4.74 Å². The second-order valence-electron chi connectivity index (χ2n) is 5.43. The van der Waals surface area contributed by atoms with Gasteiger partial charge in [0.05, 0.1) is 7.11 Å². The molecule has 122 valence electrons. The van der Waals surface area contributed by atoms with Gasteiger partial charge in [0.25, 0.3) is 0 Å². The summed E-state index contributed by atoms with van der Waals surface area (Å²) in [5.74, 6) is 0.778. The van der Waals surface area contributed by atoms with E-state index in [9.17, 15) is 0 Å². The summed E-state index contributed by atoms with van der Waals surface area (Å²) in [7, 11) is 1.65. The minimum absolute atomic E-state index is 0.407. The second kappa shape index (κ2) is 7.27. The van der Waals surface area contributed by atoms with Gasteiger partial charge in [0.1, 0.15) is 5.75 Å². The normalized spacial score (nSPS) is 10.7. The van der Waals surface area contributed by atoms with Crippen LogP contribution in [0.1, 0.15) is 5.56 Å². The Hall–Kier alpha value is -2.00. The number of methoxy groups -OCH3 is 1. The molecule has 0 bridgehead atoms. The molecular weight excluding hydrogens is 341 g/mol. The fraction of sp³-hybridized carbons (Fsp3) is 0.100. The Morgan fingerprint density at radius 2 is 1.25 bits per heavy atom. The summed E-state index contributed by atoms with van der Waals surface area (Å²) in [5.41, 5.74) is 11.1. The van der Waals surface area contributed by atoms with Gasteiger partial charge in [-0.05, 0) is 58.7 Å². The lowest BCUT2D eigenvalue weighted by Crippen LogP contribution is -2.01. The van der Waals surface area contributed by atoms with Gasteiger partial charge in [-0.15, -0.1) is 0 Å². The van der Waals surface area contributed by atoms with Gasteiger partial charge in [-0.25, -0.2) is 0 Å². The molecule has 3 rings (SSSR count). The fourth-order valence-electron chi connectivity index (χ4n) is 2.71. The molecule has 3 aromatic carbocycles. The van der Waals surface area contributed by atoms with Crippen molar-refractivity contribution in [2.75, 3.05) is 7.11 Å². The summed E-state index contributed by atoms with van der Waals surface area (Å²) in [4.78, 5) is 0. The van der Waals surface area contributed by atoms with Crippen LogP contribution in [0.2, 0.25) is 10.0 Å². The van der Waals surface area contributed by atoms with Crippen molar-refractivity contribution in [3.05, 3.63) is 76.3 Å². The first-order chi connectivity index (χ1) is 11.6. The molecule has 2 nitrogen and oxygen atoms in total. The molecule has 0 atom stereocenters. The molecule has 0 spiro atoms. The van der Waals surface area contributed by atoms with Crippen molar-refractivity contribution in [1.29, 1.82) is 0 Å². The first-order valence-electron chi connectivity index (χ1n) is 7.55. The van der Waals surface area contributed by atoms with E-state index in [0.717, 1.165) is 33.6 Å². The summed E-state index contributed by atoms with van der Waals surface area (Å²) >= 11 is 12.0. The largest absolute Gasteiger partial charge is 0.496 e. The average Bonchev–Trinajstić information content (AvgIpc) is 2.62. The number of benzene rings is 3. The molecule has 0 radical (unpaired) electrons. The highest BCUT2D eigenvalue weighted by atomic mass is 35.5. The molecule has 0 aliphatic rings. The molecule has 2 N–H and O–H groups in total. The number of ether oxygens (including phenoxy) is 1. The van der Waals surface area contributed by atoms with Crippen molar-refractivity contribution in [1.82, 2.24) is 0 Å². The third-order valence-corrected chi connectivity index (χ3v) is 4.45. The van der Waals surface area contributed by atoms with Gasteiger partial charge < -0.3 is 10.5 Å². The van der Waals surface area contributed by atoms with Gasteiger partial charge in [0.15, 0.2) is 0 Å². The second-order valence-corrected chi connectivity index (χ2v) is 6.30. The van der Waals surface area contributed by atoms with Gasteiger partial charge in [0, 0.05) is 22.2 Å². The van der Waals surface area contributed by atoms with E-state index in [1.807, 2.05) is 54.6 Å². The zero-order chi connectivity index (χ0) is 17.1. The molecule has 0 saturated carbocycles. The molecular formula is C20H17Cl2NO. The van der Waals surface area contributed by atoms with Crippen molar-refractivity contribution in [3.8, 4) is 28.0 Å². The zero-order valence-corrected chi connectivity index (χ0v) is 14.7. The maximum Gasteiger partial charge on any atom is 0.124 e. The Balaban J connectivity index is 2.24. The van der Waals surface area contributed by atoms with E-state index in [1.165, 1.54) is 0 Å². The minimum atomic E-state index is 0.407. The quantitative estimate of drug-likeness (QED) is 0.640. The topological polar surface area (TPSA) is 35.2 Å². The van der Waals surface area contributed by atoms with Crippen LogP contribution >= 0.6 is 23.2 Å². The first-order valence-corrected chi connectivity index (χ1v) is 8.31. The number of hydrogen-bond donors (Lipinski definition) is 1. The molecule has 24 heavy (non-hydrogen) atoms. The third kappa shape index (κ3) is 3.41. The van der Waals surface area contributed by atoms with E-state index < -0.39 is 0 Å². The predicted octanol–water partition coefficient (Wildman–Crippen LogP) is 5.79. The molecule has 0 aliphatic carbocycles. The van der Waals surface area contributed by atoms with Gasteiger partial charge in [-0.1, -0.05) is 47.5 Å².